The molecule has 0 aliphatic carbocycles. The highest BCUT2D eigenvalue weighted by Gasteiger charge is 2.20. The number of nitrogens with one attached hydrogen (secondary N) is 2. The SMILES string of the molecule is Cc1ccc(-c2nc3ccccc3c(C(=O)Nc3ccc(S(=O)(=O)Nc4cc(C)nc(C)n4)cc3)c2C)cc1. The van der Waals surface area contributed by atoms with Crippen molar-refractivity contribution in [2.45, 2.75) is 32.6 Å². The van der Waals surface area contributed by atoms with Crippen molar-refractivity contribution in [2.24, 2.45) is 0 Å². The number of nitrogens with zero attached hydrogens (tertiary/aromatic N) is 3. The fraction of sp³-hybridized carbons (Fsp3) is 0.133. The van der Waals surface area contributed by atoms with Gasteiger partial charge >= 0.3 is 0 Å². The Morgan fingerprint density at radius 2 is 1.49 bits per heavy atom. The quantitative estimate of drug-likeness (QED) is 0.275. The van der Waals surface area contributed by atoms with E-state index in [0.717, 1.165) is 27.8 Å². The zero-order valence-corrected chi connectivity index (χ0v) is 22.8. The lowest BCUT2D eigenvalue weighted by molar-refractivity contribution is 0.102. The van der Waals surface area contributed by atoms with Gasteiger partial charge in [-0.25, -0.2) is 23.4 Å². The van der Waals surface area contributed by atoms with Crippen LogP contribution in [0.25, 0.3) is 22.2 Å². The molecule has 5 rings (SSSR count). The minimum absolute atomic E-state index is 0.0432. The number of benzene rings is 3. The second-order valence-corrected chi connectivity index (χ2v) is 11.1. The van der Waals surface area contributed by atoms with E-state index in [1.54, 1.807) is 32.0 Å². The summed E-state index contributed by atoms with van der Waals surface area (Å²) in [5, 5.41) is 3.66. The Bertz CT molecular complexity index is 1800. The molecule has 0 saturated carbocycles. The van der Waals surface area contributed by atoms with Crippen LogP contribution < -0.4 is 10.0 Å². The summed E-state index contributed by atoms with van der Waals surface area (Å²) in [6, 6.07) is 23.1. The Balaban J connectivity index is 1.44. The highest BCUT2D eigenvalue weighted by molar-refractivity contribution is 7.92. The van der Waals surface area contributed by atoms with Crippen LogP contribution in [0.15, 0.2) is 83.8 Å². The molecule has 0 spiro atoms. The maximum absolute atomic E-state index is 13.6. The third kappa shape index (κ3) is 5.49. The molecular formula is C30H27N5O3S. The van der Waals surface area contributed by atoms with Gasteiger partial charge in [0.15, 0.2) is 0 Å². The predicted octanol–water partition coefficient (Wildman–Crippen LogP) is 5.98. The molecule has 196 valence electrons. The molecule has 3 aromatic carbocycles. The van der Waals surface area contributed by atoms with Crippen LogP contribution in [0.2, 0.25) is 0 Å². The number of amides is 1. The lowest BCUT2D eigenvalue weighted by Gasteiger charge is -2.15. The summed E-state index contributed by atoms with van der Waals surface area (Å²) in [6.07, 6.45) is 0. The summed E-state index contributed by atoms with van der Waals surface area (Å²) < 4.78 is 28.3. The van der Waals surface area contributed by atoms with E-state index in [9.17, 15) is 13.2 Å². The van der Waals surface area contributed by atoms with Crippen molar-refractivity contribution < 1.29 is 13.2 Å². The number of hydrogen-bond acceptors (Lipinski definition) is 6. The van der Waals surface area contributed by atoms with Gasteiger partial charge in [-0.05, 0) is 63.6 Å². The number of carbonyl (C=O) groups is 1. The van der Waals surface area contributed by atoms with Crippen molar-refractivity contribution in [1.29, 1.82) is 0 Å². The van der Waals surface area contributed by atoms with Gasteiger partial charge in [-0.15, -0.1) is 0 Å². The first-order valence-electron chi connectivity index (χ1n) is 12.3. The number of sulfonamides is 1. The van der Waals surface area contributed by atoms with E-state index in [2.05, 4.69) is 20.0 Å². The molecule has 0 aliphatic rings. The molecule has 2 N–H and O–H groups in total. The van der Waals surface area contributed by atoms with E-state index >= 15 is 0 Å². The molecule has 1 amide bonds. The highest BCUT2D eigenvalue weighted by Crippen LogP contribution is 2.30. The minimum Gasteiger partial charge on any atom is -0.322 e. The topological polar surface area (TPSA) is 114 Å². The van der Waals surface area contributed by atoms with Crippen molar-refractivity contribution >= 4 is 38.3 Å². The fourth-order valence-corrected chi connectivity index (χ4v) is 5.46. The second-order valence-electron chi connectivity index (χ2n) is 9.37. The zero-order chi connectivity index (χ0) is 27.7. The van der Waals surface area contributed by atoms with Crippen LogP contribution in [0.4, 0.5) is 11.5 Å². The molecule has 0 bridgehead atoms. The zero-order valence-electron chi connectivity index (χ0n) is 22.0. The molecule has 0 saturated heterocycles. The summed E-state index contributed by atoms with van der Waals surface area (Å²) in [7, 11) is -3.88. The first kappa shape index (κ1) is 26.0. The Morgan fingerprint density at radius 1 is 0.795 bits per heavy atom. The van der Waals surface area contributed by atoms with Crippen LogP contribution in [0.3, 0.4) is 0 Å². The normalized spacial score (nSPS) is 11.4. The Hall–Kier alpha value is -4.63. The van der Waals surface area contributed by atoms with E-state index < -0.39 is 10.0 Å². The van der Waals surface area contributed by atoms with Gasteiger partial charge in [-0.3, -0.25) is 9.52 Å². The van der Waals surface area contributed by atoms with Gasteiger partial charge in [-0.2, -0.15) is 0 Å². The van der Waals surface area contributed by atoms with E-state index in [-0.39, 0.29) is 16.6 Å². The van der Waals surface area contributed by atoms with E-state index in [4.69, 9.17) is 4.98 Å². The number of pyridine rings is 1. The highest BCUT2D eigenvalue weighted by atomic mass is 32.2. The molecule has 2 heterocycles. The maximum atomic E-state index is 13.6. The average Bonchev–Trinajstić information content (AvgIpc) is 2.88. The van der Waals surface area contributed by atoms with Gasteiger partial charge in [0.25, 0.3) is 15.9 Å². The largest absolute Gasteiger partial charge is 0.322 e. The number of carbonyl (C=O) groups excluding carboxylic acids is 1. The predicted molar refractivity (Wildman–Crippen MR) is 153 cm³/mol. The summed E-state index contributed by atoms with van der Waals surface area (Å²) >= 11 is 0. The number of aryl methyl sites for hydroxylation is 3. The summed E-state index contributed by atoms with van der Waals surface area (Å²) in [4.78, 5) is 26.8. The van der Waals surface area contributed by atoms with Gasteiger partial charge < -0.3 is 5.32 Å². The number of para-hydroxylation sites is 1. The van der Waals surface area contributed by atoms with E-state index in [1.165, 1.54) is 12.1 Å². The number of anilines is 2. The number of rotatable bonds is 6. The summed E-state index contributed by atoms with van der Waals surface area (Å²) in [6.45, 7) is 7.37. The van der Waals surface area contributed by atoms with Crippen LogP contribution in [0.1, 0.15) is 33.0 Å². The maximum Gasteiger partial charge on any atom is 0.263 e. The van der Waals surface area contributed by atoms with Crippen LogP contribution in [-0.2, 0) is 10.0 Å². The third-order valence-corrected chi connectivity index (χ3v) is 7.69. The van der Waals surface area contributed by atoms with Crippen LogP contribution in [0, 0.1) is 27.7 Å². The summed E-state index contributed by atoms with van der Waals surface area (Å²) in [5.74, 6) is 0.358. The molecule has 0 aliphatic heterocycles. The third-order valence-electron chi connectivity index (χ3n) is 6.32. The number of aromatic nitrogens is 3. The Labute approximate surface area is 227 Å². The Kier molecular flexibility index (Phi) is 6.84. The molecule has 0 atom stereocenters. The number of fused-ring (bicyclic) bond motifs is 1. The molecule has 8 nitrogen and oxygen atoms in total. The lowest BCUT2D eigenvalue weighted by Crippen LogP contribution is -2.16. The van der Waals surface area contributed by atoms with Crippen molar-refractivity contribution in [3.63, 3.8) is 0 Å². The first-order chi connectivity index (χ1) is 18.6. The fourth-order valence-electron chi connectivity index (χ4n) is 4.47. The minimum atomic E-state index is -3.88. The van der Waals surface area contributed by atoms with Gasteiger partial charge in [0.05, 0.1) is 21.7 Å². The van der Waals surface area contributed by atoms with Crippen LogP contribution in [-0.4, -0.2) is 29.3 Å². The smallest absolute Gasteiger partial charge is 0.263 e. The average molecular weight is 538 g/mol. The number of hydrogen-bond donors (Lipinski definition) is 2. The van der Waals surface area contributed by atoms with Crippen molar-refractivity contribution in [3.05, 3.63) is 107 Å². The standard InChI is InChI=1S/C30H27N5O3S/c1-18-9-11-22(12-10-18)29-20(3)28(25-7-5-6-8-26(25)34-29)30(36)33-23-13-15-24(16-14-23)39(37,38)35-27-17-19(2)31-21(4)32-27/h5-17H,1-4H3,(H,33,36)(H,31,32,35). The van der Waals surface area contributed by atoms with Gasteiger partial charge in [0.1, 0.15) is 11.6 Å². The molecule has 2 aromatic heterocycles. The molecule has 39 heavy (non-hydrogen) atoms. The van der Waals surface area contributed by atoms with Crippen molar-refractivity contribution in [3.8, 4) is 11.3 Å². The second kappa shape index (κ2) is 10.3. The van der Waals surface area contributed by atoms with E-state index in [1.807, 2.05) is 62.4 Å². The molecule has 9 heteroatoms. The van der Waals surface area contributed by atoms with Gasteiger partial charge in [0, 0.05) is 28.4 Å². The summed E-state index contributed by atoms with van der Waals surface area (Å²) in [5.41, 5.74) is 5.91. The van der Waals surface area contributed by atoms with E-state index in [0.29, 0.717) is 28.3 Å². The Morgan fingerprint density at radius 3 is 2.18 bits per heavy atom. The molecule has 0 unspecified atom stereocenters. The van der Waals surface area contributed by atoms with Crippen LogP contribution >= 0.6 is 0 Å². The van der Waals surface area contributed by atoms with Gasteiger partial charge in [0.2, 0.25) is 0 Å². The van der Waals surface area contributed by atoms with Gasteiger partial charge in [-0.1, -0.05) is 48.0 Å². The molecular weight excluding hydrogens is 510 g/mol. The molecule has 0 fully saturated rings. The molecule has 0 radical (unpaired) electrons. The molecule has 5 aromatic rings. The van der Waals surface area contributed by atoms with Crippen LogP contribution in [0.5, 0.6) is 0 Å². The lowest BCUT2D eigenvalue weighted by atomic mass is 9.96. The monoisotopic (exact) mass is 537 g/mol. The first-order valence-corrected chi connectivity index (χ1v) is 13.8. The van der Waals surface area contributed by atoms with Crippen molar-refractivity contribution in [1.82, 2.24) is 15.0 Å². The van der Waals surface area contributed by atoms with Crippen molar-refractivity contribution in [2.75, 3.05) is 10.0 Å².